The van der Waals surface area contributed by atoms with Gasteiger partial charge in [0.25, 0.3) is 0 Å². The van der Waals surface area contributed by atoms with Crippen molar-refractivity contribution in [2.75, 3.05) is 24.3 Å². The molecule has 1 aromatic rings. The summed E-state index contributed by atoms with van der Waals surface area (Å²) in [5.41, 5.74) is 7.62. The van der Waals surface area contributed by atoms with Crippen molar-refractivity contribution in [3.05, 3.63) is 12.1 Å². The van der Waals surface area contributed by atoms with Crippen molar-refractivity contribution >= 4 is 11.4 Å². The number of nitrogens with one attached hydrogen (secondary N) is 1. The van der Waals surface area contributed by atoms with Gasteiger partial charge >= 0.3 is 0 Å². The van der Waals surface area contributed by atoms with E-state index in [9.17, 15) is 0 Å². The molecule has 0 bridgehead atoms. The molecule has 17 heavy (non-hydrogen) atoms. The zero-order valence-electron chi connectivity index (χ0n) is 10.5. The Morgan fingerprint density at radius 1 is 1.29 bits per heavy atom. The number of hydrogen-bond donors (Lipinski definition) is 2. The molecule has 1 atom stereocenters. The van der Waals surface area contributed by atoms with E-state index < -0.39 is 0 Å². The highest BCUT2D eigenvalue weighted by atomic mass is 16.6. The number of ether oxygens (including phenoxy) is 2. The van der Waals surface area contributed by atoms with Crippen LogP contribution in [-0.2, 0) is 0 Å². The van der Waals surface area contributed by atoms with Crippen molar-refractivity contribution in [3.63, 3.8) is 0 Å². The average molecular weight is 236 g/mol. The molecule has 1 aromatic carbocycles. The summed E-state index contributed by atoms with van der Waals surface area (Å²) in [6, 6.07) is 4.16. The normalized spacial score (nSPS) is 15.4. The second-order valence-corrected chi connectivity index (χ2v) is 4.42. The third-order valence-electron chi connectivity index (χ3n) is 2.84. The summed E-state index contributed by atoms with van der Waals surface area (Å²) in [5, 5.41) is 3.40. The Hall–Kier alpha value is -1.58. The van der Waals surface area contributed by atoms with Crippen molar-refractivity contribution in [1.82, 2.24) is 0 Å². The summed E-state index contributed by atoms with van der Waals surface area (Å²) in [4.78, 5) is 0. The first-order chi connectivity index (χ1) is 8.20. The van der Waals surface area contributed by atoms with Gasteiger partial charge in [0.15, 0.2) is 11.5 Å². The molecule has 0 fully saturated rings. The van der Waals surface area contributed by atoms with Crippen LogP contribution in [0.15, 0.2) is 12.1 Å². The maximum atomic E-state index is 5.99. The highest BCUT2D eigenvalue weighted by Crippen LogP contribution is 2.37. The SMILES string of the molecule is CCCC(C)Nc1cc2c(cc1N)OCCO2. The number of hydrogen-bond acceptors (Lipinski definition) is 4. The summed E-state index contributed by atoms with van der Waals surface area (Å²) in [6.07, 6.45) is 2.27. The van der Waals surface area contributed by atoms with Crippen LogP contribution in [-0.4, -0.2) is 19.3 Å². The Morgan fingerprint density at radius 2 is 1.94 bits per heavy atom. The van der Waals surface area contributed by atoms with Gasteiger partial charge in [0.1, 0.15) is 13.2 Å². The highest BCUT2D eigenvalue weighted by molar-refractivity contribution is 5.72. The first-order valence-corrected chi connectivity index (χ1v) is 6.16. The van der Waals surface area contributed by atoms with Crippen LogP contribution in [0.5, 0.6) is 11.5 Å². The van der Waals surface area contributed by atoms with Gasteiger partial charge in [0.2, 0.25) is 0 Å². The molecule has 0 saturated carbocycles. The van der Waals surface area contributed by atoms with Crippen LogP contribution >= 0.6 is 0 Å². The molecule has 0 spiro atoms. The van der Waals surface area contributed by atoms with Gasteiger partial charge in [-0.3, -0.25) is 0 Å². The predicted octanol–water partition coefficient (Wildman–Crippen LogP) is 2.64. The van der Waals surface area contributed by atoms with Crippen molar-refractivity contribution < 1.29 is 9.47 Å². The molecule has 0 radical (unpaired) electrons. The molecular formula is C13H20N2O2. The van der Waals surface area contributed by atoms with Gasteiger partial charge in [-0.15, -0.1) is 0 Å². The molecule has 4 heteroatoms. The van der Waals surface area contributed by atoms with Crippen LogP contribution < -0.4 is 20.5 Å². The number of nitrogen functional groups attached to an aromatic ring is 1. The Morgan fingerprint density at radius 3 is 2.59 bits per heavy atom. The van der Waals surface area contributed by atoms with Gasteiger partial charge in [-0.25, -0.2) is 0 Å². The van der Waals surface area contributed by atoms with Crippen LogP contribution in [0.2, 0.25) is 0 Å². The molecule has 0 amide bonds. The lowest BCUT2D eigenvalue weighted by molar-refractivity contribution is 0.172. The van der Waals surface area contributed by atoms with E-state index in [-0.39, 0.29) is 0 Å². The highest BCUT2D eigenvalue weighted by Gasteiger charge is 2.15. The molecule has 1 aliphatic heterocycles. The second-order valence-electron chi connectivity index (χ2n) is 4.42. The molecule has 94 valence electrons. The van der Waals surface area contributed by atoms with Crippen molar-refractivity contribution in [3.8, 4) is 11.5 Å². The molecule has 3 N–H and O–H groups in total. The lowest BCUT2D eigenvalue weighted by Gasteiger charge is -2.22. The molecular weight excluding hydrogens is 216 g/mol. The standard InChI is InChI=1S/C13H20N2O2/c1-3-4-9(2)15-11-8-13-12(7-10(11)14)16-5-6-17-13/h7-9,15H,3-6,14H2,1-2H3. The largest absolute Gasteiger partial charge is 0.486 e. The number of rotatable bonds is 4. The van der Waals surface area contributed by atoms with Gasteiger partial charge in [-0.05, 0) is 13.3 Å². The summed E-state index contributed by atoms with van der Waals surface area (Å²) in [6.45, 7) is 5.51. The second kappa shape index (κ2) is 5.17. The molecule has 4 nitrogen and oxygen atoms in total. The monoisotopic (exact) mass is 236 g/mol. The summed E-state index contributed by atoms with van der Waals surface area (Å²) >= 11 is 0. The van der Waals surface area contributed by atoms with Crippen LogP contribution in [0.25, 0.3) is 0 Å². The van der Waals surface area contributed by atoms with Crippen LogP contribution in [0.3, 0.4) is 0 Å². The number of fused-ring (bicyclic) bond motifs is 1. The van der Waals surface area contributed by atoms with E-state index >= 15 is 0 Å². The molecule has 0 aliphatic carbocycles. The van der Waals surface area contributed by atoms with Crippen molar-refractivity contribution in [2.45, 2.75) is 32.7 Å². The summed E-state index contributed by atoms with van der Waals surface area (Å²) in [7, 11) is 0. The molecule has 1 aliphatic rings. The van der Waals surface area contributed by atoms with Gasteiger partial charge in [-0.1, -0.05) is 13.3 Å². The topological polar surface area (TPSA) is 56.5 Å². The van der Waals surface area contributed by atoms with E-state index in [1.807, 2.05) is 12.1 Å². The van der Waals surface area contributed by atoms with E-state index in [1.54, 1.807) is 0 Å². The van der Waals surface area contributed by atoms with Crippen LogP contribution in [0.4, 0.5) is 11.4 Å². The smallest absolute Gasteiger partial charge is 0.163 e. The number of benzene rings is 1. The Balaban J connectivity index is 2.16. The lowest BCUT2D eigenvalue weighted by atomic mass is 10.1. The van der Waals surface area contributed by atoms with E-state index in [2.05, 4.69) is 19.2 Å². The zero-order valence-corrected chi connectivity index (χ0v) is 10.5. The quantitative estimate of drug-likeness (QED) is 0.789. The third-order valence-corrected chi connectivity index (χ3v) is 2.84. The number of anilines is 2. The van der Waals surface area contributed by atoms with E-state index in [0.29, 0.717) is 24.9 Å². The Bertz CT molecular complexity index is 393. The lowest BCUT2D eigenvalue weighted by Crippen LogP contribution is -2.18. The van der Waals surface area contributed by atoms with Crippen molar-refractivity contribution in [2.24, 2.45) is 0 Å². The van der Waals surface area contributed by atoms with E-state index in [4.69, 9.17) is 15.2 Å². The summed E-state index contributed by atoms with van der Waals surface area (Å²) < 4.78 is 11.0. The maximum Gasteiger partial charge on any atom is 0.163 e. The average Bonchev–Trinajstić information content (AvgIpc) is 2.30. The van der Waals surface area contributed by atoms with Crippen molar-refractivity contribution in [1.29, 1.82) is 0 Å². The fraction of sp³-hybridized carbons (Fsp3) is 0.538. The van der Waals surface area contributed by atoms with Crippen LogP contribution in [0, 0.1) is 0 Å². The van der Waals surface area contributed by atoms with Gasteiger partial charge in [0.05, 0.1) is 11.4 Å². The first kappa shape index (κ1) is 11.9. The van der Waals surface area contributed by atoms with Gasteiger partial charge in [-0.2, -0.15) is 0 Å². The Labute approximate surface area is 102 Å². The minimum absolute atomic E-state index is 0.407. The molecule has 0 saturated heterocycles. The van der Waals surface area contributed by atoms with Gasteiger partial charge < -0.3 is 20.5 Å². The minimum Gasteiger partial charge on any atom is -0.486 e. The molecule has 1 heterocycles. The number of nitrogens with two attached hydrogens (primary N) is 1. The molecule has 1 unspecified atom stereocenters. The fourth-order valence-electron chi connectivity index (χ4n) is 2.00. The molecule has 2 rings (SSSR count). The third kappa shape index (κ3) is 2.75. The predicted molar refractivity (Wildman–Crippen MR) is 69.8 cm³/mol. The molecule has 0 aromatic heterocycles. The summed E-state index contributed by atoms with van der Waals surface area (Å²) in [5.74, 6) is 1.51. The first-order valence-electron chi connectivity index (χ1n) is 6.16. The minimum atomic E-state index is 0.407. The Kier molecular flexibility index (Phi) is 3.61. The van der Waals surface area contributed by atoms with Gasteiger partial charge in [0, 0.05) is 18.2 Å². The van der Waals surface area contributed by atoms with Crippen LogP contribution in [0.1, 0.15) is 26.7 Å². The fourth-order valence-corrected chi connectivity index (χ4v) is 2.00. The maximum absolute atomic E-state index is 5.99. The van der Waals surface area contributed by atoms with E-state index in [0.717, 1.165) is 30.0 Å². The van der Waals surface area contributed by atoms with E-state index in [1.165, 1.54) is 0 Å². The zero-order chi connectivity index (χ0) is 12.3.